The van der Waals surface area contributed by atoms with Gasteiger partial charge in [0.2, 0.25) is 6.04 Å². The predicted octanol–water partition coefficient (Wildman–Crippen LogP) is 2.06. The predicted molar refractivity (Wildman–Crippen MR) is 66.8 cm³/mol. The zero-order valence-electron chi connectivity index (χ0n) is 10.5. The Morgan fingerprint density at radius 1 is 1.41 bits per heavy atom. The van der Waals surface area contributed by atoms with Gasteiger partial charge in [0.1, 0.15) is 0 Å². The number of likely N-dealkylation sites (tertiary alicyclic amines) is 1. The quantitative estimate of drug-likeness (QED) is 0.581. The number of hydrogen-bond acceptors (Lipinski definition) is 3. The summed E-state index contributed by atoms with van der Waals surface area (Å²) in [5.74, 6) is 0.00574. The lowest BCUT2D eigenvalue weighted by molar-refractivity contribution is -0.526. The van der Waals surface area contributed by atoms with E-state index in [1.165, 1.54) is 0 Å². The van der Waals surface area contributed by atoms with Crippen molar-refractivity contribution >= 4 is 0 Å². The summed E-state index contributed by atoms with van der Waals surface area (Å²) < 4.78 is 0. The molecule has 0 radical (unpaired) electrons. The third kappa shape index (κ3) is 2.05. The number of hydrogen-bond donors (Lipinski definition) is 0. The maximum absolute atomic E-state index is 11.2. The van der Waals surface area contributed by atoms with Crippen LogP contribution in [0.3, 0.4) is 0 Å². The molecule has 1 aromatic carbocycles. The summed E-state index contributed by atoms with van der Waals surface area (Å²) in [7, 11) is 1.96. The van der Waals surface area contributed by atoms with Crippen LogP contribution in [0.1, 0.15) is 24.0 Å². The molecule has 0 bridgehead atoms. The Balaban J connectivity index is 2.38. The van der Waals surface area contributed by atoms with Gasteiger partial charge in [-0.05, 0) is 32.0 Å². The van der Waals surface area contributed by atoms with Crippen molar-refractivity contribution in [2.24, 2.45) is 0 Å². The van der Waals surface area contributed by atoms with Crippen molar-refractivity contribution in [3.8, 4) is 0 Å². The SMILES string of the molecule is Cc1ccccc1C1CN(C)[C@H](C)[C@@H]1[N+](=O)[O-]. The van der Waals surface area contributed by atoms with Crippen LogP contribution in [0.5, 0.6) is 0 Å². The van der Waals surface area contributed by atoms with Crippen LogP contribution in [0, 0.1) is 17.0 Å². The van der Waals surface area contributed by atoms with Gasteiger partial charge in [-0.25, -0.2) is 0 Å². The van der Waals surface area contributed by atoms with Gasteiger partial charge in [0, 0.05) is 11.5 Å². The number of nitrogens with zero attached hydrogens (tertiary/aromatic N) is 2. The lowest BCUT2D eigenvalue weighted by Gasteiger charge is -2.16. The molecule has 0 amide bonds. The van der Waals surface area contributed by atoms with E-state index in [-0.39, 0.29) is 16.9 Å². The molecule has 4 heteroatoms. The summed E-state index contributed by atoms with van der Waals surface area (Å²) in [6.07, 6.45) is 0. The standard InChI is InChI=1S/C13H18N2O2/c1-9-6-4-5-7-11(9)12-8-14(3)10(2)13(12)15(16)17/h4-7,10,12-13H,8H2,1-3H3/t10-,12?,13+/m1/s1. The Morgan fingerprint density at radius 3 is 2.65 bits per heavy atom. The van der Waals surface area contributed by atoms with E-state index in [9.17, 15) is 10.1 Å². The second kappa shape index (κ2) is 4.45. The van der Waals surface area contributed by atoms with Crippen LogP contribution in [0.15, 0.2) is 24.3 Å². The molecule has 1 fully saturated rings. The molecule has 0 saturated carbocycles. The molecule has 2 rings (SSSR count). The Labute approximate surface area is 101 Å². The minimum Gasteiger partial charge on any atom is -0.296 e. The van der Waals surface area contributed by atoms with E-state index >= 15 is 0 Å². The van der Waals surface area contributed by atoms with E-state index < -0.39 is 6.04 Å². The van der Waals surface area contributed by atoms with E-state index in [2.05, 4.69) is 4.90 Å². The third-order valence-electron chi connectivity index (χ3n) is 3.92. The molecular weight excluding hydrogens is 216 g/mol. The number of nitro groups is 1. The zero-order valence-corrected chi connectivity index (χ0v) is 10.5. The van der Waals surface area contributed by atoms with E-state index in [4.69, 9.17) is 0 Å². The molecule has 3 atom stereocenters. The molecule has 1 aliphatic rings. The molecule has 1 saturated heterocycles. The van der Waals surface area contributed by atoms with Crippen LogP contribution in [0.25, 0.3) is 0 Å². The lowest BCUT2D eigenvalue weighted by Crippen LogP contribution is -2.35. The topological polar surface area (TPSA) is 46.4 Å². The molecular formula is C13H18N2O2. The van der Waals surface area contributed by atoms with Crippen molar-refractivity contribution in [1.82, 2.24) is 4.90 Å². The fourth-order valence-corrected chi connectivity index (χ4v) is 2.79. The summed E-state index contributed by atoms with van der Waals surface area (Å²) in [5.41, 5.74) is 2.26. The van der Waals surface area contributed by atoms with Crippen molar-refractivity contribution in [1.29, 1.82) is 0 Å². The first-order valence-electron chi connectivity index (χ1n) is 5.91. The van der Waals surface area contributed by atoms with Crippen LogP contribution in [0.4, 0.5) is 0 Å². The molecule has 1 aliphatic heterocycles. The zero-order chi connectivity index (χ0) is 12.6. The molecule has 1 aromatic rings. The minimum absolute atomic E-state index is 0.00499. The molecule has 1 unspecified atom stereocenters. The van der Waals surface area contributed by atoms with Crippen LogP contribution >= 0.6 is 0 Å². The number of rotatable bonds is 2. The van der Waals surface area contributed by atoms with Crippen molar-refractivity contribution in [3.63, 3.8) is 0 Å². The monoisotopic (exact) mass is 234 g/mol. The molecule has 0 spiro atoms. The number of benzene rings is 1. The van der Waals surface area contributed by atoms with Gasteiger partial charge in [0.05, 0.1) is 12.0 Å². The maximum atomic E-state index is 11.2. The largest absolute Gasteiger partial charge is 0.296 e. The molecule has 1 heterocycles. The Kier molecular flexibility index (Phi) is 3.15. The first-order valence-corrected chi connectivity index (χ1v) is 5.91. The van der Waals surface area contributed by atoms with E-state index in [0.717, 1.165) is 17.7 Å². The van der Waals surface area contributed by atoms with Crippen molar-refractivity contribution in [2.75, 3.05) is 13.6 Å². The van der Waals surface area contributed by atoms with Crippen LogP contribution in [0.2, 0.25) is 0 Å². The first-order chi connectivity index (χ1) is 8.02. The summed E-state index contributed by atoms with van der Waals surface area (Å²) in [4.78, 5) is 13.2. The second-order valence-electron chi connectivity index (χ2n) is 4.92. The van der Waals surface area contributed by atoms with Crippen molar-refractivity contribution in [2.45, 2.75) is 31.8 Å². The van der Waals surface area contributed by atoms with Gasteiger partial charge >= 0.3 is 0 Å². The molecule has 17 heavy (non-hydrogen) atoms. The van der Waals surface area contributed by atoms with Gasteiger partial charge in [-0.2, -0.15) is 0 Å². The summed E-state index contributed by atoms with van der Waals surface area (Å²) in [6.45, 7) is 4.72. The highest BCUT2D eigenvalue weighted by Gasteiger charge is 2.46. The Hall–Kier alpha value is -1.42. The van der Waals surface area contributed by atoms with Gasteiger partial charge in [0.15, 0.2) is 0 Å². The lowest BCUT2D eigenvalue weighted by atomic mass is 9.89. The van der Waals surface area contributed by atoms with Gasteiger partial charge < -0.3 is 0 Å². The smallest absolute Gasteiger partial charge is 0.236 e. The Bertz CT molecular complexity index is 433. The van der Waals surface area contributed by atoms with E-state index in [0.29, 0.717) is 0 Å². The number of likely N-dealkylation sites (N-methyl/N-ethyl adjacent to an activating group) is 1. The third-order valence-corrected chi connectivity index (χ3v) is 3.92. The maximum Gasteiger partial charge on any atom is 0.236 e. The highest BCUT2D eigenvalue weighted by atomic mass is 16.6. The molecule has 0 N–H and O–H groups in total. The van der Waals surface area contributed by atoms with Gasteiger partial charge in [-0.1, -0.05) is 24.3 Å². The average molecular weight is 234 g/mol. The highest BCUT2D eigenvalue weighted by Crippen LogP contribution is 2.34. The fraction of sp³-hybridized carbons (Fsp3) is 0.538. The van der Waals surface area contributed by atoms with Crippen LogP contribution in [-0.4, -0.2) is 35.5 Å². The molecule has 92 valence electrons. The minimum atomic E-state index is -0.499. The molecule has 4 nitrogen and oxygen atoms in total. The van der Waals surface area contributed by atoms with Crippen molar-refractivity contribution in [3.05, 3.63) is 45.5 Å². The van der Waals surface area contributed by atoms with Gasteiger partial charge in [-0.3, -0.25) is 15.0 Å². The van der Waals surface area contributed by atoms with Gasteiger partial charge in [-0.15, -0.1) is 0 Å². The summed E-state index contributed by atoms with van der Waals surface area (Å²) in [6, 6.07) is 7.47. The summed E-state index contributed by atoms with van der Waals surface area (Å²) >= 11 is 0. The average Bonchev–Trinajstić information content (AvgIpc) is 2.56. The Morgan fingerprint density at radius 2 is 2.06 bits per heavy atom. The first kappa shape index (κ1) is 12.0. The summed E-state index contributed by atoms with van der Waals surface area (Å²) in [5, 5.41) is 11.2. The van der Waals surface area contributed by atoms with Gasteiger partial charge in [0.25, 0.3) is 0 Å². The van der Waals surface area contributed by atoms with Crippen LogP contribution in [-0.2, 0) is 0 Å². The van der Waals surface area contributed by atoms with Crippen molar-refractivity contribution < 1.29 is 4.92 Å². The fourth-order valence-electron chi connectivity index (χ4n) is 2.79. The van der Waals surface area contributed by atoms with Crippen LogP contribution < -0.4 is 0 Å². The van der Waals surface area contributed by atoms with E-state index in [1.807, 2.05) is 45.2 Å². The normalized spacial score (nSPS) is 29.5. The van der Waals surface area contributed by atoms with E-state index in [1.54, 1.807) is 0 Å². The highest BCUT2D eigenvalue weighted by molar-refractivity contribution is 5.31. The second-order valence-corrected chi connectivity index (χ2v) is 4.92. The number of aryl methyl sites for hydroxylation is 1. The molecule has 0 aromatic heterocycles. The molecule has 0 aliphatic carbocycles.